The Hall–Kier alpha value is -2.70. The molecule has 2 aromatic rings. The van der Waals surface area contributed by atoms with Crippen molar-refractivity contribution in [3.63, 3.8) is 0 Å². The smallest absolute Gasteiger partial charge is 0.257 e. The number of hydrogen-bond acceptors (Lipinski definition) is 5. The Bertz CT molecular complexity index is 835. The molecule has 0 unspecified atom stereocenters. The lowest BCUT2D eigenvalue weighted by molar-refractivity contribution is 0.0632. The number of amides is 1. The zero-order chi connectivity index (χ0) is 20.9. The molecule has 4 rings (SSSR count). The molecule has 30 heavy (non-hydrogen) atoms. The number of likely N-dealkylation sites (tertiary alicyclic amines) is 1. The van der Waals surface area contributed by atoms with Crippen LogP contribution in [0.2, 0.25) is 0 Å². The maximum absolute atomic E-state index is 13.0. The Labute approximate surface area is 177 Å². The van der Waals surface area contributed by atoms with Crippen molar-refractivity contribution >= 4 is 11.9 Å². The van der Waals surface area contributed by atoms with Crippen LogP contribution in [0.5, 0.6) is 5.75 Å². The molecular formula is C23H29FN4O2. The fourth-order valence-corrected chi connectivity index (χ4v) is 4.12. The Balaban J connectivity index is 1.31. The van der Waals surface area contributed by atoms with Crippen LogP contribution < -0.4 is 9.64 Å². The summed E-state index contributed by atoms with van der Waals surface area (Å²) >= 11 is 0. The molecule has 7 heteroatoms. The quantitative estimate of drug-likeness (QED) is 0.748. The Kier molecular flexibility index (Phi) is 6.45. The lowest BCUT2D eigenvalue weighted by Crippen LogP contribution is -2.41. The van der Waals surface area contributed by atoms with Crippen molar-refractivity contribution in [1.29, 1.82) is 0 Å². The lowest BCUT2D eigenvalue weighted by atomic mass is 9.98. The summed E-state index contributed by atoms with van der Waals surface area (Å²) in [4.78, 5) is 25.9. The van der Waals surface area contributed by atoms with Crippen LogP contribution in [0.4, 0.5) is 10.3 Å². The highest BCUT2D eigenvalue weighted by atomic mass is 19.1. The maximum atomic E-state index is 13.0. The van der Waals surface area contributed by atoms with Crippen LogP contribution in [0.1, 0.15) is 43.0 Å². The highest BCUT2D eigenvalue weighted by Gasteiger charge is 2.26. The van der Waals surface area contributed by atoms with Gasteiger partial charge in [-0.05, 0) is 55.9 Å². The first-order valence-corrected chi connectivity index (χ1v) is 10.8. The van der Waals surface area contributed by atoms with E-state index in [9.17, 15) is 9.18 Å². The molecule has 1 amide bonds. The molecule has 2 aliphatic rings. The van der Waals surface area contributed by atoms with E-state index in [1.807, 2.05) is 4.90 Å². The van der Waals surface area contributed by atoms with Gasteiger partial charge >= 0.3 is 0 Å². The zero-order valence-electron chi connectivity index (χ0n) is 17.5. The second kappa shape index (κ2) is 9.41. The standard InChI is InChI=1S/C23H29FN4O2/c1-17-8-11-27(12-9-17)23-25-13-19(14-26-23)22(29)28-10-2-3-18(15-28)16-30-21-6-4-20(24)5-7-21/h4-7,13-14,17-18H,2-3,8-12,15-16H2,1H3/t18-/m0/s1. The molecule has 0 N–H and O–H groups in total. The number of nitrogens with zero attached hydrogens (tertiary/aromatic N) is 4. The topological polar surface area (TPSA) is 58.6 Å². The van der Waals surface area contributed by atoms with Crippen molar-refractivity contribution in [3.05, 3.63) is 48.0 Å². The van der Waals surface area contributed by atoms with Crippen LogP contribution >= 0.6 is 0 Å². The predicted molar refractivity (Wildman–Crippen MR) is 113 cm³/mol. The van der Waals surface area contributed by atoms with E-state index in [0.717, 1.165) is 51.2 Å². The van der Waals surface area contributed by atoms with Gasteiger partial charge in [-0.15, -0.1) is 0 Å². The van der Waals surface area contributed by atoms with E-state index in [1.165, 1.54) is 12.1 Å². The third-order valence-corrected chi connectivity index (χ3v) is 6.06. The van der Waals surface area contributed by atoms with Crippen molar-refractivity contribution in [1.82, 2.24) is 14.9 Å². The van der Waals surface area contributed by atoms with Crippen molar-refractivity contribution < 1.29 is 13.9 Å². The Morgan fingerprint density at radius 2 is 1.80 bits per heavy atom. The van der Waals surface area contributed by atoms with Crippen LogP contribution in [0.3, 0.4) is 0 Å². The molecule has 3 heterocycles. The van der Waals surface area contributed by atoms with Crippen LogP contribution in [0, 0.1) is 17.7 Å². The van der Waals surface area contributed by atoms with Gasteiger partial charge < -0.3 is 14.5 Å². The molecular weight excluding hydrogens is 383 g/mol. The minimum absolute atomic E-state index is 0.0275. The number of carbonyl (C=O) groups excluding carboxylic acids is 1. The number of anilines is 1. The van der Waals surface area contributed by atoms with Gasteiger partial charge in [-0.25, -0.2) is 14.4 Å². The molecule has 2 saturated heterocycles. The monoisotopic (exact) mass is 412 g/mol. The SMILES string of the molecule is CC1CCN(c2ncc(C(=O)N3CCC[C@H](COc4ccc(F)cc4)C3)cn2)CC1. The highest BCUT2D eigenvalue weighted by molar-refractivity contribution is 5.93. The number of halogens is 1. The third kappa shape index (κ3) is 5.07. The summed E-state index contributed by atoms with van der Waals surface area (Å²) in [6, 6.07) is 6.03. The summed E-state index contributed by atoms with van der Waals surface area (Å²) < 4.78 is 18.8. The Morgan fingerprint density at radius 1 is 1.10 bits per heavy atom. The lowest BCUT2D eigenvalue weighted by Gasteiger charge is -2.33. The summed E-state index contributed by atoms with van der Waals surface area (Å²) in [5.74, 6) is 2.06. The zero-order valence-corrected chi connectivity index (χ0v) is 17.5. The van der Waals surface area contributed by atoms with E-state index >= 15 is 0 Å². The first-order chi connectivity index (χ1) is 14.6. The number of aromatic nitrogens is 2. The first-order valence-electron chi connectivity index (χ1n) is 10.8. The molecule has 0 saturated carbocycles. The van der Waals surface area contributed by atoms with Crippen molar-refractivity contribution in [2.24, 2.45) is 11.8 Å². The number of piperidine rings is 2. The fourth-order valence-electron chi connectivity index (χ4n) is 4.12. The van der Waals surface area contributed by atoms with Crippen LogP contribution in [-0.4, -0.2) is 53.6 Å². The Morgan fingerprint density at radius 3 is 2.50 bits per heavy atom. The summed E-state index contributed by atoms with van der Waals surface area (Å²) in [7, 11) is 0. The first kappa shape index (κ1) is 20.6. The summed E-state index contributed by atoms with van der Waals surface area (Å²) in [5, 5.41) is 0. The van der Waals surface area contributed by atoms with Gasteiger partial charge in [0, 0.05) is 44.5 Å². The average Bonchev–Trinajstić information content (AvgIpc) is 2.79. The maximum Gasteiger partial charge on any atom is 0.257 e. The van der Waals surface area contributed by atoms with Gasteiger partial charge in [-0.2, -0.15) is 0 Å². The second-order valence-electron chi connectivity index (χ2n) is 8.47. The van der Waals surface area contributed by atoms with Crippen LogP contribution in [-0.2, 0) is 0 Å². The van der Waals surface area contributed by atoms with Crippen molar-refractivity contribution in [3.8, 4) is 5.75 Å². The van der Waals surface area contributed by atoms with E-state index in [4.69, 9.17) is 4.74 Å². The van der Waals surface area contributed by atoms with Crippen molar-refractivity contribution in [2.45, 2.75) is 32.6 Å². The summed E-state index contributed by atoms with van der Waals surface area (Å²) in [5.41, 5.74) is 0.532. The highest BCUT2D eigenvalue weighted by Crippen LogP contribution is 2.22. The molecule has 0 bridgehead atoms. The third-order valence-electron chi connectivity index (χ3n) is 6.06. The van der Waals surface area contributed by atoms with Gasteiger partial charge in [0.1, 0.15) is 11.6 Å². The average molecular weight is 413 g/mol. The van der Waals surface area contributed by atoms with Gasteiger partial charge in [0.2, 0.25) is 5.95 Å². The van der Waals surface area contributed by atoms with Gasteiger partial charge in [0.15, 0.2) is 0 Å². The van der Waals surface area contributed by atoms with E-state index in [2.05, 4.69) is 21.8 Å². The molecule has 160 valence electrons. The number of ether oxygens (including phenoxy) is 1. The normalized spacial score (nSPS) is 20.3. The molecule has 0 spiro atoms. The second-order valence-corrected chi connectivity index (χ2v) is 8.47. The molecule has 0 radical (unpaired) electrons. The number of hydrogen-bond donors (Lipinski definition) is 0. The molecule has 2 aliphatic heterocycles. The largest absolute Gasteiger partial charge is 0.493 e. The van der Waals surface area contributed by atoms with Gasteiger partial charge in [-0.1, -0.05) is 6.92 Å². The predicted octanol–water partition coefficient (Wildman–Crippen LogP) is 3.78. The van der Waals surface area contributed by atoms with Gasteiger partial charge in [0.05, 0.1) is 12.2 Å². The van der Waals surface area contributed by atoms with E-state index < -0.39 is 0 Å². The summed E-state index contributed by atoms with van der Waals surface area (Å²) in [6.45, 7) is 6.10. The number of rotatable bonds is 5. The minimum Gasteiger partial charge on any atom is -0.493 e. The van der Waals surface area contributed by atoms with Gasteiger partial charge in [-0.3, -0.25) is 4.79 Å². The molecule has 1 atom stereocenters. The van der Waals surface area contributed by atoms with Crippen LogP contribution in [0.25, 0.3) is 0 Å². The van der Waals surface area contributed by atoms with E-state index in [-0.39, 0.29) is 17.6 Å². The van der Waals surface area contributed by atoms with Gasteiger partial charge in [0.25, 0.3) is 5.91 Å². The number of carbonyl (C=O) groups is 1. The fraction of sp³-hybridized carbons (Fsp3) is 0.522. The molecule has 1 aromatic heterocycles. The number of benzene rings is 1. The molecule has 1 aromatic carbocycles. The van der Waals surface area contributed by atoms with E-state index in [1.54, 1.807) is 24.5 Å². The molecule has 6 nitrogen and oxygen atoms in total. The molecule has 2 fully saturated rings. The minimum atomic E-state index is -0.278. The summed E-state index contributed by atoms with van der Waals surface area (Å²) in [6.07, 6.45) is 7.56. The van der Waals surface area contributed by atoms with E-state index in [0.29, 0.717) is 30.4 Å². The molecule has 0 aliphatic carbocycles. The van der Waals surface area contributed by atoms with Crippen molar-refractivity contribution in [2.75, 3.05) is 37.7 Å². The van der Waals surface area contributed by atoms with Crippen LogP contribution in [0.15, 0.2) is 36.7 Å².